The van der Waals surface area contributed by atoms with E-state index >= 15 is 0 Å². The lowest BCUT2D eigenvalue weighted by Crippen LogP contribution is -2.16. The molecule has 120 valence electrons. The van der Waals surface area contributed by atoms with Crippen LogP contribution in [0.4, 0.5) is 0 Å². The zero-order chi connectivity index (χ0) is 15.5. The highest BCUT2D eigenvalue weighted by molar-refractivity contribution is 6.31. The summed E-state index contributed by atoms with van der Waals surface area (Å²) >= 11 is 6.30. The Kier molecular flexibility index (Phi) is 9.22. The summed E-state index contributed by atoms with van der Waals surface area (Å²) in [6.45, 7) is 10.2. The molecule has 0 atom stereocenters. The number of halogens is 1. The molecule has 0 aliphatic carbocycles. The van der Waals surface area contributed by atoms with Gasteiger partial charge in [0.25, 0.3) is 0 Å². The molecule has 0 aliphatic rings. The van der Waals surface area contributed by atoms with Crippen molar-refractivity contribution in [2.75, 3.05) is 33.0 Å². The van der Waals surface area contributed by atoms with E-state index in [1.165, 1.54) is 0 Å². The van der Waals surface area contributed by atoms with Gasteiger partial charge >= 0.3 is 0 Å². The highest BCUT2D eigenvalue weighted by Gasteiger charge is 2.10. The number of nitrogens with one attached hydrogen (secondary N) is 1. The van der Waals surface area contributed by atoms with Crippen LogP contribution in [-0.4, -0.2) is 33.0 Å². The molecule has 0 saturated carbocycles. The summed E-state index contributed by atoms with van der Waals surface area (Å²) in [5, 5.41) is 4.06. The molecule has 0 bridgehead atoms. The highest BCUT2D eigenvalue weighted by atomic mass is 35.5. The zero-order valence-corrected chi connectivity index (χ0v) is 14.0. The van der Waals surface area contributed by atoms with E-state index in [1.54, 1.807) is 0 Å². The van der Waals surface area contributed by atoms with E-state index in [0.717, 1.165) is 37.5 Å². The van der Waals surface area contributed by atoms with Crippen LogP contribution in [0.2, 0.25) is 5.02 Å². The molecular formula is C16H26ClNO3. The molecule has 0 amide bonds. The van der Waals surface area contributed by atoms with Crippen LogP contribution in [0.1, 0.15) is 32.8 Å². The van der Waals surface area contributed by atoms with E-state index in [2.05, 4.69) is 5.32 Å². The van der Waals surface area contributed by atoms with Crippen LogP contribution in [0, 0.1) is 0 Å². The van der Waals surface area contributed by atoms with Crippen molar-refractivity contribution in [1.29, 1.82) is 0 Å². The first-order valence-electron chi connectivity index (χ1n) is 7.59. The molecule has 1 aromatic carbocycles. The van der Waals surface area contributed by atoms with Crippen molar-refractivity contribution in [3.8, 4) is 11.5 Å². The fourth-order valence-electron chi connectivity index (χ4n) is 1.92. The second kappa shape index (κ2) is 10.7. The Balaban J connectivity index is 2.58. The molecule has 0 unspecified atom stereocenters. The van der Waals surface area contributed by atoms with Crippen LogP contribution >= 0.6 is 11.6 Å². The van der Waals surface area contributed by atoms with Crippen LogP contribution < -0.4 is 14.8 Å². The molecule has 1 N–H and O–H groups in total. The third-order valence-electron chi connectivity index (χ3n) is 2.87. The van der Waals surface area contributed by atoms with Gasteiger partial charge in [-0.05, 0) is 45.4 Å². The van der Waals surface area contributed by atoms with Crippen LogP contribution in [0.5, 0.6) is 11.5 Å². The van der Waals surface area contributed by atoms with E-state index in [9.17, 15) is 0 Å². The van der Waals surface area contributed by atoms with E-state index < -0.39 is 0 Å². The Hall–Kier alpha value is -0.970. The van der Waals surface area contributed by atoms with Gasteiger partial charge in [-0.15, -0.1) is 0 Å². The average Bonchev–Trinajstić information content (AvgIpc) is 2.47. The van der Waals surface area contributed by atoms with Crippen molar-refractivity contribution in [3.05, 3.63) is 22.7 Å². The second-order valence-corrected chi connectivity index (χ2v) is 4.89. The van der Waals surface area contributed by atoms with Crippen LogP contribution in [-0.2, 0) is 11.3 Å². The smallest absolute Gasteiger partial charge is 0.162 e. The quantitative estimate of drug-likeness (QED) is 0.633. The van der Waals surface area contributed by atoms with Crippen molar-refractivity contribution in [2.45, 2.75) is 33.7 Å². The maximum atomic E-state index is 6.30. The van der Waals surface area contributed by atoms with E-state index in [0.29, 0.717) is 30.5 Å². The van der Waals surface area contributed by atoms with Gasteiger partial charge in [0.2, 0.25) is 0 Å². The molecule has 4 nitrogen and oxygen atoms in total. The van der Waals surface area contributed by atoms with E-state index in [4.69, 9.17) is 25.8 Å². The predicted octanol–water partition coefficient (Wildman–Crippen LogP) is 3.65. The first-order valence-corrected chi connectivity index (χ1v) is 7.97. The number of rotatable bonds is 11. The molecule has 0 fully saturated rings. The van der Waals surface area contributed by atoms with Gasteiger partial charge in [-0.3, -0.25) is 0 Å². The van der Waals surface area contributed by atoms with Gasteiger partial charge in [0.1, 0.15) is 0 Å². The fourth-order valence-corrected chi connectivity index (χ4v) is 2.14. The second-order valence-electron chi connectivity index (χ2n) is 4.48. The highest BCUT2D eigenvalue weighted by Crippen LogP contribution is 2.33. The summed E-state index contributed by atoms with van der Waals surface area (Å²) in [6, 6.07) is 3.78. The maximum Gasteiger partial charge on any atom is 0.162 e. The lowest BCUT2D eigenvalue weighted by molar-refractivity contribution is 0.144. The predicted molar refractivity (Wildman–Crippen MR) is 86.6 cm³/mol. The third kappa shape index (κ3) is 6.55. The molecule has 1 rings (SSSR count). The van der Waals surface area contributed by atoms with Crippen LogP contribution in [0.25, 0.3) is 0 Å². The molecule has 0 aliphatic heterocycles. The third-order valence-corrected chi connectivity index (χ3v) is 3.23. The molecule has 0 aromatic heterocycles. The van der Waals surface area contributed by atoms with Crippen molar-refractivity contribution < 1.29 is 14.2 Å². The minimum absolute atomic E-state index is 0.589. The lowest BCUT2D eigenvalue weighted by atomic mass is 10.2. The SMILES string of the molecule is CCOCCCNCc1cc(OCC)c(OCC)cc1Cl. The molecule has 1 aromatic rings. The first-order chi connectivity index (χ1) is 10.2. The minimum atomic E-state index is 0.589. The van der Waals surface area contributed by atoms with Crippen LogP contribution in [0.3, 0.4) is 0 Å². The summed E-state index contributed by atoms with van der Waals surface area (Å²) in [5.74, 6) is 1.44. The number of hydrogen-bond acceptors (Lipinski definition) is 4. The molecular weight excluding hydrogens is 290 g/mol. The lowest BCUT2D eigenvalue weighted by Gasteiger charge is -2.14. The van der Waals surface area contributed by atoms with Crippen molar-refractivity contribution in [1.82, 2.24) is 5.32 Å². The molecule has 0 radical (unpaired) electrons. The molecule has 5 heteroatoms. The molecule has 21 heavy (non-hydrogen) atoms. The van der Waals surface area contributed by atoms with E-state index in [1.807, 2.05) is 32.9 Å². The number of hydrogen-bond donors (Lipinski definition) is 1. The van der Waals surface area contributed by atoms with Gasteiger partial charge in [-0.1, -0.05) is 11.6 Å². The van der Waals surface area contributed by atoms with Gasteiger partial charge in [0.05, 0.1) is 13.2 Å². The van der Waals surface area contributed by atoms with E-state index in [-0.39, 0.29) is 0 Å². The van der Waals surface area contributed by atoms with Gasteiger partial charge in [-0.25, -0.2) is 0 Å². The standard InChI is InChI=1S/C16H26ClNO3/c1-4-19-9-7-8-18-12-13-10-15(20-5-2)16(21-6-3)11-14(13)17/h10-11,18H,4-9,12H2,1-3H3. The van der Waals surface area contributed by atoms with Crippen molar-refractivity contribution in [2.24, 2.45) is 0 Å². The first kappa shape index (κ1) is 18.1. The minimum Gasteiger partial charge on any atom is -0.490 e. The van der Waals surface area contributed by atoms with Gasteiger partial charge < -0.3 is 19.5 Å². The summed E-state index contributed by atoms with van der Waals surface area (Å²) in [6.07, 6.45) is 0.987. The summed E-state index contributed by atoms with van der Waals surface area (Å²) < 4.78 is 16.5. The average molecular weight is 316 g/mol. The zero-order valence-electron chi connectivity index (χ0n) is 13.2. The Morgan fingerprint density at radius 1 is 1.00 bits per heavy atom. The largest absolute Gasteiger partial charge is 0.490 e. The topological polar surface area (TPSA) is 39.7 Å². The van der Waals surface area contributed by atoms with Gasteiger partial charge in [0, 0.05) is 30.8 Å². The van der Waals surface area contributed by atoms with Crippen LogP contribution in [0.15, 0.2) is 12.1 Å². The molecule has 0 saturated heterocycles. The monoisotopic (exact) mass is 315 g/mol. The van der Waals surface area contributed by atoms with Gasteiger partial charge in [-0.2, -0.15) is 0 Å². The molecule has 0 spiro atoms. The van der Waals surface area contributed by atoms with Crippen molar-refractivity contribution in [3.63, 3.8) is 0 Å². The fraction of sp³-hybridized carbons (Fsp3) is 0.625. The summed E-state index contributed by atoms with van der Waals surface area (Å²) in [5.41, 5.74) is 1.01. The Bertz CT molecular complexity index is 413. The Labute approximate surface area is 132 Å². The number of benzene rings is 1. The summed E-state index contributed by atoms with van der Waals surface area (Å²) in [4.78, 5) is 0. The molecule has 0 heterocycles. The Morgan fingerprint density at radius 3 is 2.29 bits per heavy atom. The normalized spacial score (nSPS) is 10.7. The maximum absolute atomic E-state index is 6.30. The van der Waals surface area contributed by atoms with Gasteiger partial charge in [0.15, 0.2) is 11.5 Å². The number of ether oxygens (including phenoxy) is 3. The summed E-state index contributed by atoms with van der Waals surface area (Å²) in [7, 11) is 0. The van der Waals surface area contributed by atoms with Crippen molar-refractivity contribution >= 4 is 11.6 Å². The Morgan fingerprint density at radius 2 is 1.67 bits per heavy atom.